The van der Waals surface area contributed by atoms with Crippen LogP contribution in [-0.4, -0.2) is 29.1 Å². The second-order valence-electron chi connectivity index (χ2n) is 6.17. The van der Waals surface area contributed by atoms with Crippen LogP contribution in [0, 0.1) is 6.92 Å². The zero-order chi connectivity index (χ0) is 19.5. The van der Waals surface area contributed by atoms with Crippen LogP contribution in [0.5, 0.6) is 11.5 Å². The van der Waals surface area contributed by atoms with Crippen LogP contribution < -0.4 is 20.1 Å². The van der Waals surface area contributed by atoms with E-state index in [0.29, 0.717) is 47.1 Å². The van der Waals surface area contributed by atoms with Crippen molar-refractivity contribution in [2.24, 2.45) is 0 Å². The van der Waals surface area contributed by atoms with Crippen LogP contribution in [0.3, 0.4) is 0 Å². The van der Waals surface area contributed by atoms with Crippen LogP contribution in [0.25, 0.3) is 0 Å². The molecule has 28 heavy (non-hydrogen) atoms. The summed E-state index contributed by atoms with van der Waals surface area (Å²) in [5, 5.41) is 6.42. The topological polar surface area (TPSA) is 85.4 Å². The maximum atomic E-state index is 12.6. The van der Waals surface area contributed by atoms with Crippen LogP contribution in [0.15, 0.2) is 48.5 Å². The molecule has 8 heteroatoms. The normalized spacial score (nSPS) is 12.4. The lowest BCUT2D eigenvalue weighted by molar-refractivity contribution is 0.102. The van der Waals surface area contributed by atoms with E-state index in [0.717, 1.165) is 5.69 Å². The number of benzene rings is 2. The molecule has 1 amide bonds. The Morgan fingerprint density at radius 2 is 1.82 bits per heavy atom. The predicted molar refractivity (Wildman–Crippen MR) is 107 cm³/mol. The average Bonchev–Trinajstić information content (AvgIpc) is 2.67. The lowest BCUT2D eigenvalue weighted by atomic mass is 10.2. The molecule has 0 radical (unpaired) electrons. The van der Waals surface area contributed by atoms with Gasteiger partial charge in [-0.05, 0) is 43.3 Å². The molecule has 0 unspecified atom stereocenters. The highest BCUT2D eigenvalue weighted by molar-refractivity contribution is 6.30. The summed E-state index contributed by atoms with van der Waals surface area (Å²) in [6.45, 7) is 2.84. The highest BCUT2D eigenvalue weighted by Gasteiger charge is 2.14. The highest BCUT2D eigenvalue weighted by Crippen LogP contribution is 2.33. The molecule has 2 heterocycles. The van der Waals surface area contributed by atoms with Gasteiger partial charge in [0.15, 0.2) is 11.5 Å². The fourth-order valence-electron chi connectivity index (χ4n) is 2.75. The van der Waals surface area contributed by atoms with Gasteiger partial charge in [0.25, 0.3) is 5.91 Å². The molecule has 7 nitrogen and oxygen atoms in total. The maximum Gasteiger partial charge on any atom is 0.274 e. The molecule has 0 saturated heterocycles. The van der Waals surface area contributed by atoms with E-state index < -0.39 is 0 Å². The van der Waals surface area contributed by atoms with Crippen LogP contribution in [0.4, 0.5) is 17.3 Å². The summed E-state index contributed by atoms with van der Waals surface area (Å²) in [5.74, 6) is 1.32. The fourth-order valence-corrected chi connectivity index (χ4v) is 2.94. The Kier molecular flexibility index (Phi) is 4.99. The Morgan fingerprint density at radius 3 is 2.64 bits per heavy atom. The summed E-state index contributed by atoms with van der Waals surface area (Å²) in [4.78, 5) is 21.2. The van der Waals surface area contributed by atoms with Crippen molar-refractivity contribution >= 4 is 34.8 Å². The number of nitrogens with zero attached hydrogens (tertiary/aromatic N) is 2. The number of carbonyl (C=O) groups is 1. The van der Waals surface area contributed by atoms with Gasteiger partial charge in [0, 0.05) is 28.2 Å². The first-order chi connectivity index (χ1) is 13.6. The monoisotopic (exact) mass is 396 g/mol. The molecule has 0 aliphatic carbocycles. The van der Waals surface area contributed by atoms with Gasteiger partial charge < -0.3 is 20.1 Å². The van der Waals surface area contributed by atoms with E-state index in [1.54, 1.807) is 37.3 Å². The Labute approximate surface area is 166 Å². The second-order valence-corrected chi connectivity index (χ2v) is 6.60. The van der Waals surface area contributed by atoms with E-state index in [-0.39, 0.29) is 11.6 Å². The molecule has 0 fully saturated rings. The number of rotatable bonds is 4. The molecule has 1 aliphatic rings. The number of hydrogen-bond acceptors (Lipinski definition) is 6. The van der Waals surface area contributed by atoms with Gasteiger partial charge in [0.1, 0.15) is 18.9 Å². The molecule has 0 spiro atoms. The highest BCUT2D eigenvalue weighted by atomic mass is 35.5. The van der Waals surface area contributed by atoms with Gasteiger partial charge in [-0.25, -0.2) is 9.97 Å². The number of amides is 1. The Balaban J connectivity index is 1.54. The minimum Gasteiger partial charge on any atom is -0.486 e. The zero-order valence-electron chi connectivity index (χ0n) is 15.0. The maximum absolute atomic E-state index is 12.6. The first kappa shape index (κ1) is 18.1. The van der Waals surface area contributed by atoms with E-state index in [9.17, 15) is 4.79 Å². The number of ether oxygens (including phenoxy) is 2. The summed E-state index contributed by atoms with van der Waals surface area (Å²) in [7, 11) is 0. The Morgan fingerprint density at radius 1 is 1.00 bits per heavy atom. The van der Waals surface area contributed by atoms with E-state index in [1.807, 2.05) is 18.2 Å². The number of carbonyl (C=O) groups excluding carboxylic acids is 1. The number of nitrogens with one attached hydrogen (secondary N) is 2. The lowest BCUT2D eigenvalue weighted by Gasteiger charge is -2.19. The molecule has 0 saturated carbocycles. The van der Waals surface area contributed by atoms with E-state index in [2.05, 4.69) is 20.6 Å². The Hall–Kier alpha value is -3.32. The van der Waals surface area contributed by atoms with Gasteiger partial charge in [0.05, 0.1) is 0 Å². The molecule has 2 N–H and O–H groups in total. The number of aryl methyl sites for hydroxylation is 1. The van der Waals surface area contributed by atoms with Gasteiger partial charge >= 0.3 is 0 Å². The molecule has 1 aliphatic heterocycles. The van der Waals surface area contributed by atoms with Gasteiger partial charge in [-0.1, -0.05) is 17.7 Å². The summed E-state index contributed by atoms with van der Waals surface area (Å²) in [5.41, 5.74) is 2.23. The van der Waals surface area contributed by atoms with E-state index in [1.165, 1.54) is 0 Å². The van der Waals surface area contributed by atoms with Crippen molar-refractivity contribution in [3.63, 3.8) is 0 Å². The first-order valence-corrected chi connectivity index (χ1v) is 9.04. The number of hydrogen-bond donors (Lipinski definition) is 2. The quantitative estimate of drug-likeness (QED) is 0.687. The van der Waals surface area contributed by atoms with Gasteiger partial charge in [-0.3, -0.25) is 4.79 Å². The molecule has 142 valence electrons. The number of fused-ring (bicyclic) bond motifs is 1. The van der Waals surface area contributed by atoms with Gasteiger partial charge in [0.2, 0.25) is 5.95 Å². The molecule has 0 atom stereocenters. The largest absolute Gasteiger partial charge is 0.486 e. The second kappa shape index (κ2) is 7.74. The van der Waals surface area contributed by atoms with Crippen molar-refractivity contribution in [3.05, 3.63) is 64.9 Å². The average molecular weight is 397 g/mol. The number of aromatic nitrogens is 2. The van der Waals surface area contributed by atoms with E-state index >= 15 is 0 Å². The molecular weight excluding hydrogens is 380 g/mol. The minimum atomic E-state index is -0.349. The summed E-state index contributed by atoms with van der Waals surface area (Å²) >= 11 is 5.96. The first-order valence-electron chi connectivity index (χ1n) is 8.66. The van der Waals surface area contributed by atoms with Crippen LogP contribution in [0.1, 0.15) is 16.2 Å². The van der Waals surface area contributed by atoms with Crippen molar-refractivity contribution < 1.29 is 14.3 Å². The molecule has 3 aromatic rings. The summed E-state index contributed by atoms with van der Waals surface area (Å²) in [6, 6.07) is 14.0. The lowest BCUT2D eigenvalue weighted by Crippen LogP contribution is -2.16. The van der Waals surface area contributed by atoms with Crippen molar-refractivity contribution in [2.75, 3.05) is 23.8 Å². The standard InChI is InChI=1S/C20H17ClN4O3/c1-12-9-16(19(26)23-14-4-2-3-13(21)10-14)25-20(22-12)24-15-5-6-17-18(11-15)28-8-7-27-17/h2-6,9-11H,7-8H2,1H3,(H,23,26)(H,22,24,25). The summed E-state index contributed by atoms with van der Waals surface area (Å²) in [6.07, 6.45) is 0. The van der Waals surface area contributed by atoms with Crippen LogP contribution >= 0.6 is 11.6 Å². The fraction of sp³-hybridized carbons (Fsp3) is 0.150. The predicted octanol–water partition coefficient (Wildman–Crippen LogP) is 4.21. The zero-order valence-corrected chi connectivity index (χ0v) is 15.8. The van der Waals surface area contributed by atoms with Crippen molar-refractivity contribution in [1.82, 2.24) is 9.97 Å². The van der Waals surface area contributed by atoms with Crippen molar-refractivity contribution in [3.8, 4) is 11.5 Å². The molecule has 0 bridgehead atoms. The van der Waals surface area contributed by atoms with Crippen molar-refractivity contribution in [1.29, 1.82) is 0 Å². The van der Waals surface area contributed by atoms with Gasteiger partial charge in [-0.2, -0.15) is 0 Å². The Bertz CT molecular complexity index is 1040. The molecule has 1 aromatic heterocycles. The third-order valence-electron chi connectivity index (χ3n) is 3.97. The number of anilines is 3. The smallest absolute Gasteiger partial charge is 0.274 e. The molecule has 2 aromatic carbocycles. The summed E-state index contributed by atoms with van der Waals surface area (Å²) < 4.78 is 11.1. The van der Waals surface area contributed by atoms with Crippen LogP contribution in [0.2, 0.25) is 5.02 Å². The van der Waals surface area contributed by atoms with Crippen molar-refractivity contribution in [2.45, 2.75) is 6.92 Å². The third-order valence-corrected chi connectivity index (χ3v) is 4.20. The molecule has 4 rings (SSSR count). The molecular formula is C20H17ClN4O3. The SMILES string of the molecule is Cc1cc(C(=O)Nc2cccc(Cl)c2)nc(Nc2ccc3c(c2)OCCO3)n1. The third kappa shape index (κ3) is 4.15. The van der Waals surface area contributed by atoms with Crippen LogP contribution in [-0.2, 0) is 0 Å². The minimum absolute atomic E-state index is 0.243. The number of halogens is 1. The van der Waals surface area contributed by atoms with E-state index in [4.69, 9.17) is 21.1 Å². The van der Waals surface area contributed by atoms with Gasteiger partial charge in [-0.15, -0.1) is 0 Å².